The fourth-order valence-electron chi connectivity index (χ4n) is 0.575. The van der Waals surface area contributed by atoms with Gasteiger partial charge in [0.1, 0.15) is 17.4 Å². The summed E-state index contributed by atoms with van der Waals surface area (Å²) < 4.78 is 0. The van der Waals surface area contributed by atoms with Crippen molar-refractivity contribution in [1.29, 1.82) is 5.26 Å². The standard InChI is InChI=1S/C7H5N2O/c1-5-2-7(10)6(3-8)4-9-5/h4H,1H3,(H,9,10). The number of aromatic hydroxyl groups is 1. The molecule has 0 unspecified atom stereocenters. The van der Waals surface area contributed by atoms with Gasteiger partial charge in [-0.15, -0.1) is 0 Å². The predicted molar refractivity (Wildman–Crippen MR) is 34.2 cm³/mol. The SMILES string of the molecule is Cc1[c]c(O)c(C#N)cn1. The Hall–Kier alpha value is -1.56. The number of aromatic nitrogens is 1. The Morgan fingerprint density at radius 2 is 2.50 bits per heavy atom. The summed E-state index contributed by atoms with van der Waals surface area (Å²) in [6.45, 7) is 1.70. The van der Waals surface area contributed by atoms with Crippen LogP contribution >= 0.6 is 0 Å². The summed E-state index contributed by atoms with van der Waals surface area (Å²) in [5.74, 6) is -0.130. The second kappa shape index (κ2) is 2.36. The molecule has 1 aromatic heterocycles. The van der Waals surface area contributed by atoms with Crippen LogP contribution in [0.5, 0.6) is 5.75 Å². The molecule has 1 rings (SSSR count). The van der Waals surface area contributed by atoms with Crippen molar-refractivity contribution in [3.63, 3.8) is 0 Å². The fourth-order valence-corrected chi connectivity index (χ4v) is 0.575. The van der Waals surface area contributed by atoms with E-state index in [1.165, 1.54) is 6.20 Å². The third kappa shape index (κ3) is 1.06. The minimum absolute atomic E-state index is 0.130. The third-order valence-corrected chi connectivity index (χ3v) is 1.06. The van der Waals surface area contributed by atoms with Crippen LogP contribution in [0, 0.1) is 24.3 Å². The summed E-state index contributed by atoms with van der Waals surface area (Å²) in [4.78, 5) is 3.77. The molecule has 49 valence electrons. The van der Waals surface area contributed by atoms with Gasteiger partial charge in [0.05, 0.1) is 6.07 Å². The molecule has 0 saturated carbocycles. The quantitative estimate of drug-likeness (QED) is 0.568. The van der Waals surface area contributed by atoms with Gasteiger partial charge in [-0.3, -0.25) is 4.98 Å². The fraction of sp³-hybridized carbons (Fsp3) is 0.143. The second-order valence-corrected chi connectivity index (χ2v) is 1.84. The van der Waals surface area contributed by atoms with E-state index in [1.807, 2.05) is 0 Å². The lowest BCUT2D eigenvalue weighted by atomic mass is 10.2. The number of hydrogen-bond donors (Lipinski definition) is 1. The Bertz CT molecular complexity index is 288. The molecule has 1 N–H and O–H groups in total. The van der Waals surface area contributed by atoms with E-state index in [-0.39, 0.29) is 11.3 Å². The number of rotatable bonds is 0. The number of hydrogen-bond acceptors (Lipinski definition) is 3. The van der Waals surface area contributed by atoms with E-state index in [0.29, 0.717) is 5.69 Å². The number of aryl methyl sites for hydroxylation is 1. The van der Waals surface area contributed by atoms with Crippen LogP contribution in [-0.2, 0) is 0 Å². The van der Waals surface area contributed by atoms with Crippen LogP contribution in [0.2, 0.25) is 0 Å². The molecular weight excluding hydrogens is 128 g/mol. The van der Waals surface area contributed by atoms with Crippen LogP contribution in [0.4, 0.5) is 0 Å². The Kier molecular flexibility index (Phi) is 1.55. The summed E-state index contributed by atoms with van der Waals surface area (Å²) in [6, 6.07) is 4.29. The highest BCUT2D eigenvalue weighted by molar-refractivity contribution is 5.39. The van der Waals surface area contributed by atoms with Crippen LogP contribution in [-0.4, -0.2) is 10.1 Å². The van der Waals surface area contributed by atoms with Gasteiger partial charge in [0.25, 0.3) is 0 Å². The van der Waals surface area contributed by atoms with E-state index >= 15 is 0 Å². The van der Waals surface area contributed by atoms with Gasteiger partial charge < -0.3 is 5.11 Å². The molecule has 0 aliphatic rings. The van der Waals surface area contributed by atoms with Crippen molar-refractivity contribution in [1.82, 2.24) is 4.98 Å². The van der Waals surface area contributed by atoms with Crippen LogP contribution in [0.1, 0.15) is 11.3 Å². The summed E-state index contributed by atoms with van der Waals surface area (Å²) in [7, 11) is 0. The minimum atomic E-state index is -0.130. The van der Waals surface area contributed by atoms with Crippen molar-refractivity contribution in [2.45, 2.75) is 6.92 Å². The second-order valence-electron chi connectivity index (χ2n) is 1.84. The average molecular weight is 133 g/mol. The zero-order valence-electron chi connectivity index (χ0n) is 5.42. The Balaban J connectivity index is 3.23. The molecule has 0 fully saturated rings. The van der Waals surface area contributed by atoms with Gasteiger partial charge in [0.15, 0.2) is 0 Å². The number of pyridine rings is 1. The third-order valence-electron chi connectivity index (χ3n) is 1.06. The zero-order chi connectivity index (χ0) is 7.56. The average Bonchev–Trinajstić information content (AvgIpc) is 1.88. The molecular formula is C7H5N2O. The zero-order valence-corrected chi connectivity index (χ0v) is 5.42. The summed E-state index contributed by atoms with van der Waals surface area (Å²) in [5.41, 5.74) is 0.738. The predicted octanol–water partition coefficient (Wildman–Crippen LogP) is 0.767. The Labute approximate surface area is 58.6 Å². The molecule has 1 radical (unpaired) electrons. The van der Waals surface area contributed by atoms with Gasteiger partial charge in [-0.05, 0) is 6.92 Å². The summed E-state index contributed by atoms with van der Waals surface area (Å²) >= 11 is 0. The van der Waals surface area contributed by atoms with Gasteiger partial charge >= 0.3 is 0 Å². The van der Waals surface area contributed by atoms with Crippen LogP contribution in [0.15, 0.2) is 6.20 Å². The molecule has 1 aromatic rings. The maximum absolute atomic E-state index is 8.97. The lowest BCUT2D eigenvalue weighted by molar-refractivity contribution is 0.471. The molecule has 0 amide bonds. The van der Waals surface area contributed by atoms with Crippen molar-refractivity contribution >= 4 is 0 Å². The molecule has 0 bridgehead atoms. The first-order chi connectivity index (χ1) is 4.74. The largest absolute Gasteiger partial charge is 0.506 e. The van der Waals surface area contributed by atoms with E-state index < -0.39 is 0 Å². The highest BCUT2D eigenvalue weighted by Crippen LogP contribution is 2.13. The van der Waals surface area contributed by atoms with Crippen LogP contribution in [0.25, 0.3) is 0 Å². The van der Waals surface area contributed by atoms with Crippen molar-refractivity contribution in [2.75, 3.05) is 0 Å². The molecule has 3 nitrogen and oxygen atoms in total. The molecule has 3 heteroatoms. The normalized spacial score (nSPS) is 8.80. The highest BCUT2D eigenvalue weighted by atomic mass is 16.3. The molecule has 0 spiro atoms. The Morgan fingerprint density at radius 1 is 1.80 bits per heavy atom. The summed E-state index contributed by atoms with van der Waals surface area (Å²) in [6.07, 6.45) is 1.32. The van der Waals surface area contributed by atoms with Gasteiger partial charge in [-0.1, -0.05) is 0 Å². The van der Waals surface area contributed by atoms with E-state index in [2.05, 4.69) is 11.1 Å². The van der Waals surface area contributed by atoms with Crippen molar-refractivity contribution < 1.29 is 5.11 Å². The van der Waals surface area contributed by atoms with Gasteiger partial charge in [0.2, 0.25) is 0 Å². The van der Waals surface area contributed by atoms with Gasteiger partial charge in [-0.25, -0.2) is 0 Å². The molecule has 0 atom stereocenters. The molecule has 0 aliphatic carbocycles. The molecule has 0 aromatic carbocycles. The van der Waals surface area contributed by atoms with Crippen molar-refractivity contribution in [3.8, 4) is 11.8 Å². The molecule has 10 heavy (non-hydrogen) atoms. The van der Waals surface area contributed by atoms with Crippen LogP contribution < -0.4 is 0 Å². The lowest BCUT2D eigenvalue weighted by Crippen LogP contribution is -1.83. The highest BCUT2D eigenvalue weighted by Gasteiger charge is 1.99. The summed E-state index contributed by atoms with van der Waals surface area (Å²) in [5, 5.41) is 17.3. The smallest absolute Gasteiger partial charge is 0.144 e. The van der Waals surface area contributed by atoms with Gasteiger partial charge in [-0.2, -0.15) is 5.26 Å². The molecule has 0 saturated heterocycles. The molecule has 0 aliphatic heterocycles. The lowest BCUT2D eigenvalue weighted by Gasteiger charge is -1.93. The number of nitriles is 1. The Morgan fingerprint density at radius 3 is 3.00 bits per heavy atom. The van der Waals surface area contributed by atoms with E-state index in [0.717, 1.165) is 0 Å². The minimum Gasteiger partial charge on any atom is -0.506 e. The van der Waals surface area contributed by atoms with E-state index in [1.54, 1.807) is 13.0 Å². The van der Waals surface area contributed by atoms with Gasteiger partial charge in [0, 0.05) is 11.9 Å². The number of nitrogens with zero attached hydrogens (tertiary/aromatic N) is 2. The van der Waals surface area contributed by atoms with Crippen molar-refractivity contribution in [3.05, 3.63) is 23.5 Å². The molecule has 1 heterocycles. The first-order valence-corrected chi connectivity index (χ1v) is 2.72. The first kappa shape index (κ1) is 6.56. The van der Waals surface area contributed by atoms with Crippen molar-refractivity contribution in [2.24, 2.45) is 0 Å². The first-order valence-electron chi connectivity index (χ1n) is 2.72. The maximum Gasteiger partial charge on any atom is 0.144 e. The van der Waals surface area contributed by atoms with E-state index in [9.17, 15) is 0 Å². The van der Waals surface area contributed by atoms with E-state index in [4.69, 9.17) is 10.4 Å². The van der Waals surface area contributed by atoms with Crippen LogP contribution in [0.3, 0.4) is 0 Å². The topological polar surface area (TPSA) is 56.9 Å². The monoisotopic (exact) mass is 133 g/mol. The maximum atomic E-state index is 8.97.